The van der Waals surface area contributed by atoms with Crippen molar-refractivity contribution in [3.8, 4) is 11.4 Å². The second-order valence-electron chi connectivity index (χ2n) is 5.69. The Kier molecular flexibility index (Phi) is 3.35. The Morgan fingerprint density at radius 3 is 1.86 bits per heavy atom. The molecular formula is C18H16N4. The predicted octanol–water partition coefficient (Wildman–Crippen LogP) is 3.59. The van der Waals surface area contributed by atoms with Gasteiger partial charge in [0.25, 0.3) is 0 Å². The fourth-order valence-electron chi connectivity index (χ4n) is 3.20. The minimum Gasteiger partial charge on any atom is -0.135 e. The predicted molar refractivity (Wildman–Crippen MR) is 84.2 cm³/mol. The third kappa shape index (κ3) is 2.37. The molecule has 0 saturated heterocycles. The molecule has 2 aromatic carbocycles. The summed E-state index contributed by atoms with van der Waals surface area (Å²) in [4.78, 5) is 0. The molecule has 1 aliphatic carbocycles. The van der Waals surface area contributed by atoms with Crippen LogP contribution in [-0.2, 0) is 0 Å². The lowest BCUT2D eigenvalue weighted by atomic mass is 9.67. The Hall–Kier alpha value is -2.62. The van der Waals surface area contributed by atoms with Crippen molar-refractivity contribution in [1.29, 1.82) is 0 Å². The van der Waals surface area contributed by atoms with Gasteiger partial charge in [-0.1, -0.05) is 54.6 Å². The van der Waals surface area contributed by atoms with Gasteiger partial charge in [-0.15, -0.1) is 20.4 Å². The molecule has 1 saturated carbocycles. The van der Waals surface area contributed by atoms with Gasteiger partial charge in [0.15, 0.2) is 6.33 Å². The summed E-state index contributed by atoms with van der Waals surface area (Å²) in [5.41, 5.74) is 3.79. The standard InChI is InChI=1S/C18H16N4/c1-2-4-13(5-3-1)16-10-11-17(16)14-6-8-15(9-7-14)18-21-19-12-20-22-18/h1-9,12,16-17H,10-11H2. The molecular weight excluding hydrogens is 272 g/mol. The number of hydrogen-bond donors (Lipinski definition) is 0. The minimum atomic E-state index is 0.572. The number of rotatable bonds is 3. The summed E-state index contributed by atoms with van der Waals surface area (Å²) in [7, 11) is 0. The Labute approximate surface area is 129 Å². The highest BCUT2D eigenvalue weighted by atomic mass is 15.3. The van der Waals surface area contributed by atoms with Crippen LogP contribution >= 0.6 is 0 Å². The van der Waals surface area contributed by atoms with Gasteiger partial charge in [-0.25, -0.2) is 0 Å². The van der Waals surface area contributed by atoms with E-state index >= 15 is 0 Å². The summed E-state index contributed by atoms with van der Waals surface area (Å²) in [6.45, 7) is 0. The summed E-state index contributed by atoms with van der Waals surface area (Å²) in [5.74, 6) is 1.83. The van der Waals surface area contributed by atoms with Crippen LogP contribution in [-0.4, -0.2) is 20.4 Å². The Balaban J connectivity index is 1.57. The summed E-state index contributed by atoms with van der Waals surface area (Å²) >= 11 is 0. The third-order valence-electron chi connectivity index (χ3n) is 4.51. The van der Waals surface area contributed by atoms with E-state index < -0.39 is 0 Å². The highest BCUT2D eigenvalue weighted by Gasteiger charge is 2.32. The van der Waals surface area contributed by atoms with Crippen LogP contribution in [0.5, 0.6) is 0 Å². The maximum Gasteiger partial charge on any atom is 0.203 e. The van der Waals surface area contributed by atoms with Crippen molar-refractivity contribution in [2.45, 2.75) is 24.7 Å². The Bertz CT molecular complexity index is 741. The van der Waals surface area contributed by atoms with E-state index in [9.17, 15) is 0 Å². The Morgan fingerprint density at radius 2 is 1.27 bits per heavy atom. The highest BCUT2D eigenvalue weighted by Crippen LogP contribution is 2.49. The van der Waals surface area contributed by atoms with Crippen molar-refractivity contribution in [3.05, 3.63) is 72.1 Å². The van der Waals surface area contributed by atoms with Gasteiger partial charge in [0.1, 0.15) is 0 Å². The molecule has 22 heavy (non-hydrogen) atoms. The molecule has 0 spiro atoms. The Morgan fingerprint density at radius 1 is 0.682 bits per heavy atom. The monoisotopic (exact) mass is 288 g/mol. The molecule has 2 unspecified atom stereocenters. The fourth-order valence-corrected chi connectivity index (χ4v) is 3.20. The van der Waals surface area contributed by atoms with E-state index in [1.165, 1.54) is 30.3 Å². The quantitative estimate of drug-likeness (QED) is 0.739. The van der Waals surface area contributed by atoms with Crippen molar-refractivity contribution >= 4 is 0 Å². The van der Waals surface area contributed by atoms with E-state index in [0.717, 1.165) is 5.56 Å². The SMILES string of the molecule is c1ccc(C2CCC2c2ccc(-c3nncnn3)cc2)cc1. The van der Waals surface area contributed by atoms with E-state index in [1.807, 2.05) is 0 Å². The second kappa shape index (κ2) is 5.64. The maximum absolute atomic E-state index is 4.00. The molecule has 1 aromatic heterocycles. The van der Waals surface area contributed by atoms with Crippen LogP contribution in [0.3, 0.4) is 0 Å². The van der Waals surface area contributed by atoms with Crippen molar-refractivity contribution < 1.29 is 0 Å². The topological polar surface area (TPSA) is 51.6 Å². The molecule has 1 aliphatic rings. The molecule has 0 N–H and O–H groups in total. The molecule has 4 nitrogen and oxygen atoms in total. The van der Waals surface area contributed by atoms with Gasteiger partial charge < -0.3 is 0 Å². The minimum absolute atomic E-state index is 0.572. The molecule has 0 radical (unpaired) electrons. The molecule has 2 atom stereocenters. The zero-order chi connectivity index (χ0) is 14.8. The average molecular weight is 288 g/mol. The molecule has 0 bridgehead atoms. The molecule has 108 valence electrons. The normalized spacial score (nSPS) is 20.4. The maximum atomic E-state index is 4.00. The first-order valence-electron chi connectivity index (χ1n) is 7.57. The van der Waals surface area contributed by atoms with Crippen LogP contribution < -0.4 is 0 Å². The lowest BCUT2D eigenvalue weighted by Crippen LogP contribution is -2.21. The van der Waals surface area contributed by atoms with Gasteiger partial charge in [0, 0.05) is 5.56 Å². The summed E-state index contributed by atoms with van der Waals surface area (Å²) in [6.07, 6.45) is 3.87. The van der Waals surface area contributed by atoms with E-state index in [1.54, 1.807) is 0 Å². The van der Waals surface area contributed by atoms with Crippen LogP contribution in [0.1, 0.15) is 35.8 Å². The van der Waals surface area contributed by atoms with E-state index in [4.69, 9.17) is 0 Å². The van der Waals surface area contributed by atoms with E-state index in [0.29, 0.717) is 17.7 Å². The van der Waals surface area contributed by atoms with Crippen LogP contribution in [0.15, 0.2) is 60.9 Å². The lowest BCUT2D eigenvalue weighted by Gasteiger charge is -2.37. The zero-order valence-corrected chi connectivity index (χ0v) is 12.1. The number of hydrogen-bond acceptors (Lipinski definition) is 4. The van der Waals surface area contributed by atoms with Gasteiger partial charge >= 0.3 is 0 Å². The van der Waals surface area contributed by atoms with Gasteiger partial charge in [-0.2, -0.15) is 0 Å². The first-order chi connectivity index (χ1) is 10.9. The van der Waals surface area contributed by atoms with Gasteiger partial charge in [0.2, 0.25) is 5.82 Å². The molecule has 1 heterocycles. The van der Waals surface area contributed by atoms with Crippen molar-refractivity contribution in [2.75, 3.05) is 0 Å². The number of benzene rings is 2. The van der Waals surface area contributed by atoms with Gasteiger partial charge in [-0.05, 0) is 35.8 Å². The van der Waals surface area contributed by atoms with Gasteiger partial charge in [0.05, 0.1) is 0 Å². The van der Waals surface area contributed by atoms with Crippen molar-refractivity contribution in [1.82, 2.24) is 20.4 Å². The molecule has 4 rings (SSSR count). The molecule has 1 fully saturated rings. The smallest absolute Gasteiger partial charge is 0.135 e. The third-order valence-corrected chi connectivity index (χ3v) is 4.51. The van der Waals surface area contributed by atoms with Crippen LogP contribution in [0, 0.1) is 0 Å². The fraction of sp³-hybridized carbons (Fsp3) is 0.222. The van der Waals surface area contributed by atoms with Gasteiger partial charge in [-0.3, -0.25) is 0 Å². The van der Waals surface area contributed by atoms with E-state index in [2.05, 4.69) is 75.0 Å². The number of nitrogens with zero attached hydrogens (tertiary/aromatic N) is 4. The van der Waals surface area contributed by atoms with Crippen LogP contribution in [0.4, 0.5) is 0 Å². The van der Waals surface area contributed by atoms with Crippen LogP contribution in [0.25, 0.3) is 11.4 Å². The van der Waals surface area contributed by atoms with Crippen LogP contribution in [0.2, 0.25) is 0 Å². The second-order valence-corrected chi connectivity index (χ2v) is 5.69. The highest BCUT2D eigenvalue weighted by molar-refractivity contribution is 5.54. The average Bonchev–Trinajstić information content (AvgIpc) is 2.56. The summed E-state index contributed by atoms with van der Waals surface area (Å²) < 4.78 is 0. The lowest BCUT2D eigenvalue weighted by molar-refractivity contribution is 0.346. The first-order valence-corrected chi connectivity index (χ1v) is 7.57. The largest absolute Gasteiger partial charge is 0.203 e. The summed E-state index contributed by atoms with van der Waals surface area (Å²) in [6, 6.07) is 19.3. The van der Waals surface area contributed by atoms with Crippen molar-refractivity contribution in [3.63, 3.8) is 0 Å². The van der Waals surface area contributed by atoms with Crippen molar-refractivity contribution in [2.24, 2.45) is 0 Å². The number of aromatic nitrogens is 4. The molecule has 4 heteroatoms. The molecule has 0 amide bonds. The molecule has 0 aliphatic heterocycles. The van der Waals surface area contributed by atoms with E-state index in [-0.39, 0.29) is 0 Å². The first kappa shape index (κ1) is 13.1. The molecule has 3 aromatic rings. The zero-order valence-electron chi connectivity index (χ0n) is 12.1. The summed E-state index contributed by atoms with van der Waals surface area (Å²) in [5, 5.41) is 15.5.